The van der Waals surface area contributed by atoms with Crippen molar-refractivity contribution in [1.29, 1.82) is 0 Å². The summed E-state index contributed by atoms with van der Waals surface area (Å²) in [5.74, 6) is -0.578. The number of rotatable bonds is 4. The molecule has 1 amide bonds. The first-order valence-electron chi connectivity index (χ1n) is 7.76. The van der Waals surface area contributed by atoms with Crippen LogP contribution in [0.1, 0.15) is 34.8 Å². The highest BCUT2D eigenvalue weighted by molar-refractivity contribution is 7.98. The summed E-state index contributed by atoms with van der Waals surface area (Å²) in [6.07, 6.45) is 2.94. The van der Waals surface area contributed by atoms with E-state index in [1.807, 2.05) is 19.1 Å². The minimum Gasteiger partial charge on any atom is -0.351 e. The molecule has 0 spiro atoms. The van der Waals surface area contributed by atoms with E-state index in [0.29, 0.717) is 0 Å². The molecule has 4 heteroatoms. The molecule has 1 N–H and O–H groups in total. The monoisotopic (exact) mass is 329 g/mol. The Bertz CT molecular complexity index is 701. The van der Waals surface area contributed by atoms with Crippen LogP contribution >= 0.6 is 11.8 Å². The molecule has 120 valence electrons. The van der Waals surface area contributed by atoms with Crippen LogP contribution in [0.4, 0.5) is 4.39 Å². The van der Waals surface area contributed by atoms with Gasteiger partial charge in [-0.3, -0.25) is 4.79 Å². The topological polar surface area (TPSA) is 29.1 Å². The Hall–Kier alpha value is -1.81. The van der Waals surface area contributed by atoms with Gasteiger partial charge in [-0.2, -0.15) is 11.8 Å². The highest BCUT2D eigenvalue weighted by Crippen LogP contribution is 2.40. The Morgan fingerprint density at radius 2 is 1.91 bits per heavy atom. The maximum atomic E-state index is 13.0. The zero-order valence-corrected chi connectivity index (χ0v) is 14.1. The Kier molecular flexibility index (Phi) is 4.71. The van der Waals surface area contributed by atoms with Gasteiger partial charge >= 0.3 is 0 Å². The summed E-state index contributed by atoms with van der Waals surface area (Å²) in [7, 11) is 0. The van der Waals surface area contributed by atoms with Crippen molar-refractivity contribution >= 4 is 17.7 Å². The van der Waals surface area contributed by atoms with Crippen molar-refractivity contribution < 1.29 is 9.18 Å². The first-order valence-corrected chi connectivity index (χ1v) is 9.05. The van der Waals surface area contributed by atoms with E-state index in [1.165, 1.54) is 23.3 Å². The second-order valence-electron chi connectivity index (χ2n) is 5.95. The van der Waals surface area contributed by atoms with Gasteiger partial charge in [-0.25, -0.2) is 4.39 Å². The largest absolute Gasteiger partial charge is 0.351 e. The van der Waals surface area contributed by atoms with Crippen LogP contribution in [-0.2, 0) is 11.2 Å². The molecule has 2 aromatic carbocycles. The molecule has 1 unspecified atom stereocenters. The van der Waals surface area contributed by atoms with E-state index < -0.39 is 0 Å². The van der Waals surface area contributed by atoms with Gasteiger partial charge in [0.15, 0.2) is 0 Å². The predicted octanol–water partition coefficient (Wildman–Crippen LogP) is 4.07. The number of benzene rings is 2. The molecule has 1 aliphatic carbocycles. The first-order chi connectivity index (χ1) is 11.1. The van der Waals surface area contributed by atoms with Crippen molar-refractivity contribution in [2.75, 3.05) is 6.26 Å². The molecule has 0 saturated heterocycles. The number of amides is 1. The lowest BCUT2D eigenvalue weighted by molar-refractivity contribution is -0.122. The smallest absolute Gasteiger partial charge is 0.227 e. The summed E-state index contributed by atoms with van der Waals surface area (Å²) in [5.41, 5.74) is 3.46. The van der Waals surface area contributed by atoms with Crippen molar-refractivity contribution in [3.63, 3.8) is 0 Å². The van der Waals surface area contributed by atoms with Gasteiger partial charge in [0.25, 0.3) is 0 Å². The third kappa shape index (κ3) is 3.27. The molecule has 0 bridgehead atoms. The minimum atomic E-state index is -0.290. The predicted molar refractivity (Wildman–Crippen MR) is 93.1 cm³/mol. The lowest BCUT2D eigenvalue weighted by atomic mass is 10.00. The number of thioether (sulfide) groups is 1. The van der Waals surface area contributed by atoms with Crippen LogP contribution in [0.25, 0.3) is 0 Å². The average molecular weight is 329 g/mol. The molecule has 0 heterocycles. The van der Waals surface area contributed by atoms with Crippen LogP contribution in [0.15, 0.2) is 48.5 Å². The van der Waals surface area contributed by atoms with Crippen LogP contribution in [0, 0.1) is 5.82 Å². The van der Waals surface area contributed by atoms with Crippen LogP contribution in [0.3, 0.4) is 0 Å². The fourth-order valence-electron chi connectivity index (χ4n) is 3.19. The van der Waals surface area contributed by atoms with Crippen molar-refractivity contribution in [3.8, 4) is 0 Å². The number of halogens is 1. The van der Waals surface area contributed by atoms with Gasteiger partial charge in [-0.05, 0) is 48.4 Å². The Balaban J connectivity index is 1.72. The number of carbonyl (C=O) groups excluding carboxylic acids is 1. The average Bonchev–Trinajstić information content (AvgIpc) is 2.91. The van der Waals surface area contributed by atoms with Crippen LogP contribution in [-0.4, -0.2) is 18.2 Å². The molecule has 0 fully saturated rings. The van der Waals surface area contributed by atoms with Gasteiger partial charge in [0, 0.05) is 6.04 Å². The number of hydrogen-bond acceptors (Lipinski definition) is 2. The molecule has 0 saturated carbocycles. The number of nitrogens with one attached hydrogen (secondary N) is 1. The highest BCUT2D eigenvalue weighted by Gasteiger charge is 2.33. The van der Waals surface area contributed by atoms with Gasteiger partial charge in [-0.15, -0.1) is 0 Å². The van der Waals surface area contributed by atoms with E-state index in [0.717, 1.165) is 12.0 Å². The molecular formula is C19H20FNOS. The van der Waals surface area contributed by atoms with Gasteiger partial charge < -0.3 is 5.32 Å². The van der Waals surface area contributed by atoms with Gasteiger partial charge in [-0.1, -0.05) is 36.4 Å². The van der Waals surface area contributed by atoms with Crippen molar-refractivity contribution in [3.05, 3.63) is 71.0 Å². The fourth-order valence-corrected chi connectivity index (χ4v) is 4.16. The molecule has 2 nitrogen and oxygen atoms in total. The van der Waals surface area contributed by atoms with Gasteiger partial charge in [0.05, 0.1) is 11.2 Å². The Morgan fingerprint density at radius 1 is 1.22 bits per heavy atom. The quantitative estimate of drug-likeness (QED) is 0.916. The maximum absolute atomic E-state index is 13.0. The van der Waals surface area contributed by atoms with Crippen molar-refractivity contribution in [2.45, 2.75) is 30.6 Å². The van der Waals surface area contributed by atoms with Crippen LogP contribution < -0.4 is 5.32 Å². The molecule has 0 aliphatic heterocycles. The van der Waals surface area contributed by atoms with E-state index in [2.05, 4.69) is 23.7 Å². The SMILES string of the molecule is CS[C@@H]1c2ccccc2C[C@H]1NC(=O)C(C)c1ccc(F)cc1. The summed E-state index contributed by atoms with van der Waals surface area (Å²) < 4.78 is 13.0. The minimum absolute atomic E-state index is 0.00605. The zero-order valence-electron chi connectivity index (χ0n) is 13.3. The van der Waals surface area contributed by atoms with E-state index >= 15 is 0 Å². The summed E-state index contributed by atoms with van der Waals surface area (Å²) in [4.78, 5) is 12.6. The molecular weight excluding hydrogens is 309 g/mol. The van der Waals surface area contributed by atoms with Gasteiger partial charge in [0.2, 0.25) is 5.91 Å². The second-order valence-corrected chi connectivity index (χ2v) is 6.93. The third-order valence-corrected chi connectivity index (χ3v) is 5.60. The Morgan fingerprint density at radius 3 is 2.61 bits per heavy atom. The number of hydrogen-bond donors (Lipinski definition) is 1. The van der Waals surface area contributed by atoms with Crippen molar-refractivity contribution in [2.24, 2.45) is 0 Å². The Labute approximate surface area is 140 Å². The van der Waals surface area contributed by atoms with Crippen molar-refractivity contribution in [1.82, 2.24) is 5.32 Å². The molecule has 3 rings (SSSR count). The molecule has 3 atom stereocenters. The fraction of sp³-hybridized carbons (Fsp3) is 0.316. The highest BCUT2D eigenvalue weighted by atomic mass is 32.2. The van der Waals surface area contributed by atoms with E-state index in [9.17, 15) is 9.18 Å². The molecule has 0 aromatic heterocycles. The molecule has 0 radical (unpaired) electrons. The first kappa shape index (κ1) is 16.1. The van der Waals surface area contributed by atoms with Crippen LogP contribution in [0.2, 0.25) is 0 Å². The zero-order chi connectivity index (χ0) is 16.4. The van der Waals surface area contributed by atoms with Gasteiger partial charge in [0.1, 0.15) is 5.82 Å². The number of carbonyl (C=O) groups is 1. The summed E-state index contributed by atoms with van der Waals surface area (Å²) in [6.45, 7) is 1.86. The lowest BCUT2D eigenvalue weighted by Crippen LogP contribution is -2.39. The molecule has 23 heavy (non-hydrogen) atoms. The molecule has 1 aliphatic rings. The standard InChI is InChI=1S/C19H20FNOS/c1-12(13-7-9-15(20)10-8-13)19(22)21-17-11-14-5-3-4-6-16(14)18(17)23-2/h3-10,12,17-18H,11H2,1-2H3,(H,21,22)/t12?,17-,18-/m1/s1. The van der Waals surface area contributed by atoms with E-state index in [4.69, 9.17) is 0 Å². The summed E-state index contributed by atoms with van der Waals surface area (Å²) >= 11 is 1.77. The van der Waals surface area contributed by atoms with E-state index in [-0.39, 0.29) is 28.9 Å². The summed E-state index contributed by atoms with van der Waals surface area (Å²) in [6, 6.07) is 14.6. The van der Waals surface area contributed by atoms with Crippen LogP contribution in [0.5, 0.6) is 0 Å². The normalized spacial score (nSPS) is 20.8. The third-order valence-electron chi connectivity index (χ3n) is 4.51. The summed E-state index contributed by atoms with van der Waals surface area (Å²) in [5, 5.41) is 3.47. The lowest BCUT2D eigenvalue weighted by Gasteiger charge is -2.22. The number of fused-ring (bicyclic) bond motifs is 1. The second kappa shape index (κ2) is 6.75. The molecule has 2 aromatic rings. The maximum Gasteiger partial charge on any atom is 0.227 e. The van der Waals surface area contributed by atoms with E-state index in [1.54, 1.807) is 23.9 Å².